The predicted molar refractivity (Wildman–Crippen MR) is 62.4 cm³/mol. The molecule has 0 saturated carbocycles. The van der Waals surface area contributed by atoms with E-state index < -0.39 is 0 Å². The molecule has 0 unspecified atom stereocenters. The van der Waals surface area contributed by atoms with Gasteiger partial charge < -0.3 is 5.32 Å². The summed E-state index contributed by atoms with van der Waals surface area (Å²) in [5.74, 6) is 0.543. The van der Waals surface area contributed by atoms with Gasteiger partial charge in [0.15, 0.2) is 0 Å². The number of hydrogen-bond donors (Lipinski definition) is 1. The van der Waals surface area contributed by atoms with E-state index in [1.807, 2.05) is 0 Å². The topological polar surface area (TPSA) is 12.0 Å². The van der Waals surface area contributed by atoms with E-state index in [2.05, 4.69) is 31.3 Å². The van der Waals surface area contributed by atoms with Crippen LogP contribution in [0.25, 0.3) is 0 Å². The zero-order valence-electron chi connectivity index (χ0n) is 8.73. The van der Waals surface area contributed by atoms with Crippen molar-refractivity contribution in [2.75, 3.05) is 11.9 Å². The first kappa shape index (κ1) is 9.85. The summed E-state index contributed by atoms with van der Waals surface area (Å²) >= 11 is 6.25. The molecule has 0 atom stereocenters. The average molecular weight is 210 g/mol. The Hall–Kier alpha value is -0.690. The van der Waals surface area contributed by atoms with Crippen molar-refractivity contribution in [3.63, 3.8) is 0 Å². The van der Waals surface area contributed by atoms with Crippen molar-refractivity contribution < 1.29 is 0 Å². The first-order valence-electron chi connectivity index (χ1n) is 5.24. The third-order valence-electron chi connectivity index (χ3n) is 2.80. The maximum atomic E-state index is 6.25. The second kappa shape index (κ2) is 3.82. The van der Waals surface area contributed by atoms with E-state index in [4.69, 9.17) is 11.6 Å². The molecule has 0 bridgehead atoms. The maximum Gasteiger partial charge on any atom is 0.0461 e. The van der Waals surface area contributed by atoms with Crippen LogP contribution in [0.3, 0.4) is 0 Å². The zero-order chi connectivity index (χ0) is 10.1. The average Bonchev–Trinajstić information content (AvgIpc) is 2.17. The van der Waals surface area contributed by atoms with Gasteiger partial charge in [0.25, 0.3) is 0 Å². The van der Waals surface area contributed by atoms with Gasteiger partial charge in [0.2, 0.25) is 0 Å². The molecule has 1 aromatic carbocycles. The molecule has 0 radical (unpaired) electrons. The van der Waals surface area contributed by atoms with Crippen LogP contribution in [-0.2, 0) is 6.42 Å². The molecule has 76 valence electrons. The molecule has 1 aliphatic heterocycles. The fraction of sp³-hybridized carbons (Fsp3) is 0.500. The van der Waals surface area contributed by atoms with Gasteiger partial charge in [-0.2, -0.15) is 0 Å². The van der Waals surface area contributed by atoms with E-state index in [1.165, 1.54) is 23.2 Å². The van der Waals surface area contributed by atoms with E-state index in [0.717, 1.165) is 18.0 Å². The Morgan fingerprint density at radius 2 is 2.14 bits per heavy atom. The Bertz CT molecular complexity index is 344. The standard InChI is InChI=1S/C12H16ClN/c1-8(2)9-6-11(13)10-4-3-5-14-12(10)7-9/h6-8,14H,3-5H2,1-2H3. The number of anilines is 1. The van der Waals surface area contributed by atoms with Crippen LogP contribution in [-0.4, -0.2) is 6.54 Å². The van der Waals surface area contributed by atoms with E-state index in [1.54, 1.807) is 0 Å². The number of nitrogens with one attached hydrogen (secondary N) is 1. The Balaban J connectivity index is 2.46. The molecule has 1 aliphatic rings. The summed E-state index contributed by atoms with van der Waals surface area (Å²) in [6.45, 7) is 5.46. The van der Waals surface area contributed by atoms with Gasteiger partial charge in [0.05, 0.1) is 0 Å². The third-order valence-corrected chi connectivity index (χ3v) is 3.14. The van der Waals surface area contributed by atoms with Crippen molar-refractivity contribution in [1.82, 2.24) is 0 Å². The van der Waals surface area contributed by atoms with Gasteiger partial charge in [0, 0.05) is 17.3 Å². The molecule has 0 fully saturated rings. The zero-order valence-corrected chi connectivity index (χ0v) is 9.49. The number of benzene rings is 1. The summed E-state index contributed by atoms with van der Waals surface area (Å²) in [6, 6.07) is 4.35. The van der Waals surface area contributed by atoms with Crippen LogP contribution >= 0.6 is 11.6 Å². The lowest BCUT2D eigenvalue weighted by Gasteiger charge is -2.21. The molecular formula is C12H16ClN. The normalized spacial score (nSPS) is 15.1. The molecule has 1 heterocycles. The van der Waals surface area contributed by atoms with E-state index >= 15 is 0 Å². The number of rotatable bonds is 1. The summed E-state index contributed by atoms with van der Waals surface area (Å²) in [7, 11) is 0. The van der Waals surface area contributed by atoms with Crippen molar-refractivity contribution >= 4 is 17.3 Å². The van der Waals surface area contributed by atoms with E-state index in [-0.39, 0.29) is 0 Å². The SMILES string of the molecule is CC(C)c1cc(Cl)c2c(c1)NCCC2. The number of hydrogen-bond acceptors (Lipinski definition) is 1. The largest absolute Gasteiger partial charge is 0.385 e. The molecule has 1 N–H and O–H groups in total. The molecule has 0 saturated heterocycles. The maximum absolute atomic E-state index is 6.25. The third kappa shape index (κ3) is 1.74. The van der Waals surface area contributed by atoms with Gasteiger partial charge in [-0.05, 0) is 42.0 Å². The minimum Gasteiger partial charge on any atom is -0.385 e. The lowest BCUT2D eigenvalue weighted by molar-refractivity contribution is 0.819. The monoisotopic (exact) mass is 209 g/mol. The lowest BCUT2D eigenvalue weighted by atomic mass is 9.96. The van der Waals surface area contributed by atoms with Crippen LogP contribution < -0.4 is 5.32 Å². The molecule has 14 heavy (non-hydrogen) atoms. The van der Waals surface area contributed by atoms with Crippen molar-refractivity contribution in [3.05, 3.63) is 28.3 Å². The fourth-order valence-electron chi connectivity index (χ4n) is 1.89. The molecular weight excluding hydrogens is 194 g/mol. The van der Waals surface area contributed by atoms with Crippen molar-refractivity contribution in [3.8, 4) is 0 Å². The molecule has 2 rings (SSSR count). The van der Waals surface area contributed by atoms with Crippen LogP contribution in [0.1, 0.15) is 37.3 Å². The fourth-order valence-corrected chi connectivity index (χ4v) is 2.21. The van der Waals surface area contributed by atoms with Gasteiger partial charge in [-0.25, -0.2) is 0 Å². The van der Waals surface area contributed by atoms with Crippen molar-refractivity contribution in [2.45, 2.75) is 32.6 Å². The van der Waals surface area contributed by atoms with Crippen LogP contribution in [0.15, 0.2) is 12.1 Å². The molecule has 2 heteroatoms. The smallest absolute Gasteiger partial charge is 0.0461 e. The second-order valence-corrected chi connectivity index (χ2v) is 4.62. The van der Waals surface area contributed by atoms with Crippen LogP contribution in [0, 0.1) is 0 Å². The summed E-state index contributed by atoms with van der Waals surface area (Å²) < 4.78 is 0. The molecule has 1 aromatic rings. The van der Waals surface area contributed by atoms with Crippen LogP contribution in [0.4, 0.5) is 5.69 Å². The number of halogens is 1. The summed E-state index contributed by atoms with van der Waals surface area (Å²) in [5, 5.41) is 4.34. The first-order chi connectivity index (χ1) is 6.68. The Labute approximate surface area is 90.5 Å². The number of fused-ring (bicyclic) bond motifs is 1. The van der Waals surface area contributed by atoms with Gasteiger partial charge >= 0.3 is 0 Å². The molecule has 1 nitrogen and oxygen atoms in total. The highest BCUT2D eigenvalue weighted by molar-refractivity contribution is 6.31. The Morgan fingerprint density at radius 1 is 1.36 bits per heavy atom. The van der Waals surface area contributed by atoms with Gasteiger partial charge in [-0.3, -0.25) is 0 Å². The summed E-state index contributed by atoms with van der Waals surface area (Å²) in [5.41, 5.74) is 3.86. The second-order valence-electron chi connectivity index (χ2n) is 4.21. The summed E-state index contributed by atoms with van der Waals surface area (Å²) in [4.78, 5) is 0. The highest BCUT2D eigenvalue weighted by Crippen LogP contribution is 2.32. The van der Waals surface area contributed by atoms with E-state index in [0.29, 0.717) is 5.92 Å². The highest BCUT2D eigenvalue weighted by atomic mass is 35.5. The lowest BCUT2D eigenvalue weighted by Crippen LogP contribution is -2.12. The highest BCUT2D eigenvalue weighted by Gasteiger charge is 2.14. The van der Waals surface area contributed by atoms with Gasteiger partial charge in [0.1, 0.15) is 0 Å². The molecule has 0 aliphatic carbocycles. The van der Waals surface area contributed by atoms with Gasteiger partial charge in [-0.15, -0.1) is 0 Å². The first-order valence-corrected chi connectivity index (χ1v) is 5.62. The van der Waals surface area contributed by atoms with Crippen molar-refractivity contribution in [1.29, 1.82) is 0 Å². The van der Waals surface area contributed by atoms with Gasteiger partial charge in [-0.1, -0.05) is 25.4 Å². The quantitative estimate of drug-likeness (QED) is 0.742. The summed E-state index contributed by atoms with van der Waals surface area (Å²) in [6.07, 6.45) is 2.30. The Kier molecular flexibility index (Phi) is 2.69. The predicted octanol–water partition coefficient (Wildman–Crippen LogP) is 3.82. The molecule has 0 aromatic heterocycles. The van der Waals surface area contributed by atoms with Crippen molar-refractivity contribution in [2.24, 2.45) is 0 Å². The van der Waals surface area contributed by atoms with Crippen LogP contribution in [0.2, 0.25) is 5.02 Å². The molecule has 0 spiro atoms. The minimum atomic E-state index is 0.543. The molecule has 0 amide bonds. The van der Waals surface area contributed by atoms with E-state index in [9.17, 15) is 0 Å². The van der Waals surface area contributed by atoms with Crippen LogP contribution in [0.5, 0.6) is 0 Å². The minimum absolute atomic E-state index is 0.543. The Morgan fingerprint density at radius 3 is 2.86 bits per heavy atom.